The van der Waals surface area contributed by atoms with Gasteiger partial charge in [-0.3, -0.25) is 5.32 Å². The molecule has 0 aliphatic carbocycles. The summed E-state index contributed by atoms with van der Waals surface area (Å²) in [5, 5.41) is 18.2. The second-order valence-corrected chi connectivity index (χ2v) is 7.58. The molecule has 3 N–H and O–H groups in total. The number of ether oxygens (including phenoxy) is 1. The molecule has 1 aliphatic rings. The average molecular weight is 407 g/mol. The van der Waals surface area contributed by atoms with Crippen molar-refractivity contribution in [1.29, 1.82) is 0 Å². The Bertz CT molecular complexity index is 1050. The van der Waals surface area contributed by atoms with Crippen LogP contribution < -0.4 is 15.4 Å². The lowest BCUT2D eigenvalue weighted by molar-refractivity contribution is 0.413. The number of rotatable bonds is 4. The summed E-state index contributed by atoms with van der Waals surface area (Å²) in [6, 6.07) is 21.2. The number of hydrogen-bond donors (Lipinski definition) is 3. The standard InChI is InChI=1S/C24H23ClN2O2/c1-15-6-8-16(9-7-15)24-26-21(17-4-3-5-19(12-17)29-2)14-22(27-24)20-13-18(25)10-11-23(20)28/h3-14,22,24,26-28H,1-2H3. The molecule has 1 aliphatic heterocycles. The third-order valence-corrected chi connectivity index (χ3v) is 5.33. The van der Waals surface area contributed by atoms with E-state index in [1.165, 1.54) is 5.56 Å². The van der Waals surface area contributed by atoms with Gasteiger partial charge in [0.05, 0.1) is 13.2 Å². The van der Waals surface area contributed by atoms with E-state index >= 15 is 0 Å². The topological polar surface area (TPSA) is 53.5 Å². The van der Waals surface area contributed by atoms with Gasteiger partial charge in [-0.15, -0.1) is 0 Å². The first-order valence-corrected chi connectivity index (χ1v) is 9.85. The van der Waals surface area contributed by atoms with Crippen LogP contribution in [0.3, 0.4) is 0 Å². The summed E-state index contributed by atoms with van der Waals surface area (Å²) in [6.45, 7) is 2.07. The van der Waals surface area contributed by atoms with Crippen LogP contribution in [0.1, 0.15) is 34.5 Å². The molecule has 1 heterocycles. The molecule has 0 amide bonds. The van der Waals surface area contributed by atoms with Crippen LogP contribution in [0, 0.1) is 6.92 Å². The van der Waals surface area contributed by atoms with Crippen molar-refractivity contribution >= 4 is 17.3 Å². The van der Waals surface area contributed by atoms with Gasteiger partial charge in [0.2, 0.25) is 0 Å². The number of halogens is 1. The van der Waals surface area contributed by atoms with E-state index in [9.17, 15) is 5.11 Å². The first-order chi connectivity index (χ1) is 14.0. The highest BCUT2D eigenvalue weighted by atomic mass is 35.5. The van der Waals surface area contributed by atoms with Crippen LogP contribution in [-0.2, 0) is 0 Å². The molecule has 4 rings (SSSR count). The SMILES string of the molecule is COc1cccc(C2=CC(c3cc(Cl)ccc3O)NC(c3ccc(C)cc3)N2)c1. The zero-order valence-electron chi connectivity index (χ0n) is 16.3. The Morgan fingerprint density at radius 2 is 1.79 bits per heavy atom. The summed E-state index contributed by atoms with van der Waals surface area (Å²) < 4.78 is 5.39. The molecule has 0 aromatic heterocycles. The Balaban J connectivity index is 1.78. The van der Waals surface area contributed by atoms with Gasteiger partial charge >= 0.3 is 0 Å². The zero-order valence-corrected chi connectivity index (χ0v) is 17.1. The molecule has 0 spiro atoms. The van der Waals surface area contributed by atoms with Crippen LogP contribution >= 0.6 is 11.6 Å². The van der Waals surface area contributed by atoms with Crippen LogP contribution in [-0.4, -0.2) is 12.2 Å². The maximum Gasteiger partial charge on any atom is 0.120 e. The van der Waals surface area contributed by atoms with Crippen molar-refractivity contribution in [3.05, 3.63) is 100 Å². The minimum absolute atomic E-state index is 0.134. The van der Waals surface area contributed by atoms with Crippen LogP contribution in [0.4, 0.5) is 0 Å². The molecule has 4 nitrogen and oxygen atoms in total. The molecule has 2 atom stereocenters. The monoisotopic (exact) mass is 406 g/mol. The summed E-state index contributed by atoms with van der Waals surface area (Å²) in [6.07, 6.45) is 1.93. The minimum Gasteiger partial charge on any atom is -0.508 e. The van der Waals surface area contributed by atoms with E-state index in [-0.39, 0.29) is 18.0 Å². The maximum absolute atomic E-state index is 10.5. The van der Waals surface area contributed by atoms with Crippen molar-refractivity contribution in [2.45, 2.75) is 19.1 Å². The fourth-order valence-corrected chi connectivity index (χ4v) is 3.68. The van der Waals surface area contributed by atoms with Crippen LogP contribution in [0.25, 0.3) is 5.70 Å². The van der Waals surface area contributed by atoms with Crippen molar-refractivity contribution in [2.24, 2.45) is 0 Å². The molecule has 0 radical (unpaired) electrons. The minimum atomic E-state index is -0.220. The van der Waals surface area contributed by atoms with Gasteiger partial charge in [0.1, 0.15) is 17.7 Å². The molecule has 0 saturated heterocycles. The van der Waals surface area contributed by atoms with E-state index in [2.05, 4.69) is 47.9 Å². The Labute approximate surface area is 175 Å². The number of aryl methyl sites for hydroxylation is 1. The van der Waals surface area contributed by atoms with Gasteiger partial charge in [-0.05, 0) is 48.9 Å². The Kier molecular flexibility index (Phi) is 5.47. The normalized spacial score (nSPS) is 18.7. The predicted octanol–water partition coefficient (Wildman–Crippen LogP) is 5.34. The predicted molar refractivity (Wildman–Crippen MR) is 117 cm³/mol. The Morgan fingerprint density at radius 3 is 2.55 bits per heavy atom. The highest BCUT2D eigenvalue weighted by molar-refractivity contribution is 6.30. The fraction of sp³-hybridized carbons (Fsp3) is 0.167. The number of phenols is 1. The van der Waals surface area contributed by atoms with Gasteiger partial charge in [-0.1, -0.05) is 53.6 Å². The molecular formula is C24H23ClN2O2. The van der Waals surface area contributed by atoms with E-state index in [1.807, 2.05) is 24.3 Å². The zero-order chi connectivity index (χ0) is 20.4. The molecule has 0 bridgehead atoms. The van der Waals surface area contributed by atoms with Crippen molar-refractivity contribution < 1.29 is 9.84 Å². The van der Waals surface area contributed by atoms with E-state index in [0.717, 1.165) is 28.1 Å². The maximum atomic E-state index is 10.5. The summed E-state index contributed by atoms with van der Waals surface area (Å²) in [5.74, 6) is 0.996. The number of aromatic hydroxyl groups is 1. The molecule has 5 heteroatoms. The van der Waals surface area contributed by atoms with Gasteiger partial charge in [0.25, 0.3) is 0 Å². The Morgan fingerprint density at radius 1 is 1.00 bits per heavy atom. The second-order valence-electron chi connectivity index (χ2n) is 7.15. The number of nitrogens with one attached hydrogen (secondary N) is 2. The molecule has 3 aromatic rings. The molecule has 148 valence electrons. The number of hydrogen-bond acceptors (Lipinski definition) is 4. The molecule has 2 unspecified atom stereocenters. The second kappa shape index (κ2) is 8.19. The number of methoxy groups -OCH3 is 1. The summed E-state index contributed by atoms with van der Waals surface area (Å²) >= 11 is 6.21. The highest BCUT2D eigenvalue weighted by Gasteiger charge is 2.26. The molecule has 0 saturated carbocycles. The lowest BCUT2D eigenvalue weighted by Crippen LogP contribution is -2.39. The lowest BCUT2D eigenvalue weighted by atomic mass is 9.97. The summed E-state index contributed by atoms with van der Waals surface area (Å²) in [7, 11) is 1.66. The van der Waals surface area contributed by atoms with Gasteiger partial charge in [0.15, 0.2) is 0 Å². The van der Waals surface area contributed by atoms with E-state index in [0.29, 0.717) is 5.02 Å². The van der Waals surface area contributed by atoms with Crippen LogP contribution in [0.2, 0.25) is 5.02 Å². The van der Waals surface area contributed by atoms with Crippen molar-refractivity contribution in [3.63, 3.8) is 0 Å². The van der Waals surface area contributed by atoms with Gasteiger partial charge in [0, 0.05) is 21.8 Å². The van der Waals surface area contributed by atoms with Gasteiger partial charge in [-0.25, -0.2) is 0 Å². The van der Waals surface area contributed by atoms with Gasteiger partial charge < -0.3 is 15.2 Å². The summed E-state index contributed by atoms with van der Waals surface area (Å²) in [5.41, 5.74) is 5.01. The number of phenolic OH excluding ortho intramolecular Hbond substituents is 1. The molecular weight excluding hydrogens is 384 g/mol. The van der Waals surface area contributed by atoms with E-state index in [4.69, 9.17) is 16.3 Å². The molecule has 3 aromatic carbocycles. The fourth-order valence-electron chi connectivity index (χ4n) is 3.50. The summed E-state index contributed by atoms with van der Waals surface area (Å²) in [4.78, 5) is 0. The van der Waals surface area contributed by atoms with Crippen molar-refractivity contribution in [3.8, 4) is 11.5 Å². The van der Waals surface area contributed by atoms with Crippen molar-refractivity contribution in [1.82, 2.24) is 10.6 Å². The molecule has 29 heavy (non-hydrogen) atoms. The third-order valence-electron chi connectivity index (χ3n) is 5.10. The highest BCUT2D eigenvalue weighted by Crippen LogP contribution is 2.35. The smallest absolute Gasteiger partial charge is 0.120 e. The first-order valence-electron chi connectivity index (χ1n) is 9.47. The largest absolute Gasteiger partial charge is 0.508 e. The number of benzene rings is 3. The first kappa shape index (κ1) is 19.4. The quantitative estimate of drug-likeness (QED) is 0.547. The van der Waals surface area contributed by atoms with Crippen LogP contribution in [0.15, 0.2) is 72.8 Å². The van der Waals surface area contributed by atoms with Crippen molar-refractivity contribution in [2.75, 3.05) is 7.11 Å². The average Bonchev–Trinajstić information content (AvgIpc) is 2.75. The van der Waals surface area contributed by atoms with E-state index < -0.39 is 0 Å². The van der Waals surface area contributed by atoms with Gasteiger partial charge in [-0.2, -0.15) is 0 Å². The van der Waals surface area contributed by atoms with E-state index in [1.54, 1.807) is 25.3 Å². The van der Waals surface area contributed by atoms with Crippen LogP contribution in [0.5, 0.6) is 11.5 Å². The molecule has 0 fully saturated rings. The third kappa shape index (κ3) is 4.24. The Hall–Kier alpha value is -2.95. The lowest BCUT2D eigenvalue weighted by Gasteiger charge is -2.33.